The molecule has 17 heavy (non-hydrogen) atoms. The predicted octanol–water partition coefficient (Wildman–Crippen LogP) is 3.02. The molecular weight excluding hydrogens is 210 g/mol. The van der Waals surface area contributed by atoms with E-state index in [1.54, 1.807) is 0 Å². The van der Waals surface area contributed by atoms with Crippen molar-refractivity contribution in [3.05, 3.63) is 22.9 Å². The van der Waals surface area contributed by atoms with Crippen molar-refractivity contribution in [3.8, 4) is 0 Å². The maximum Gasteiger partial charge on any atom is 0.131 e. The zero-order valence-electron chi connectivity index (χ0n) is 11.7. The molecule has 0 atom stereocenters. The summed E-state index contributed by atoms with van der Waals surface area (Å²) in [6, 6.07) is 2.64. The van der Waals surface area contributed by atoms with E-state index in [9.17, 15) is 0 Å². The van der Waals surface area contributed by atoms with Crippen molar-refractivity contribution in [2.24, 2.45) is 0 Å². The zero-order chi connectivity index (χ0) is 12.8. The zero-order valence-corrected chi connectivity index (χ0v) is 11.7. The fourth-order valence-electron chi connectivity index (χ4n) is 1.78. The fourth-order valence-corrected chi connectivity index (χ4v) is 1.78. The van der Waals surface area contributed by atoms with Gasteiger partial charge in [0.15, 0.2) is 0 Å². The van der Waals surface area contributed by atoms with E-state index >= 15 is 0 Å². The van der Waals surface area contributed by atoms with Gasteiger partial charge < -0.3 is 10.6 Å². The van der Waals surface area contributed by atoms with Gasteiger partial charge in [-0.25, -0.2) is 4.98 Å². The van der Waals surface area contributed by atoms with Crippen molar-refractivity contribution < 1.29 is 0 Å². The molecule has 1 rings (SSSR count). The molecule has 0 radical (unpaired) electrons. The highest BCUT2D eigenvalue weighted by Crippen LogP contribution is 2.18. The Labute approximate surface area is 105 Å². The van der Waals surface area contributed by atoms with E-state index in [2.05, 4.69) is 49.4 Å². The number of rotatable bonds is 6. The quantitative estimate of drug-likeness (QED) is 0.796. The van der Waals surface area contributed by atoms with E-state index in [-0.39, 0.29) is 0 Å². The minimum Gasteiger partial charge on any atom is -0.370 e. The van der Waals surface area contributed by atoms with E-state index in [4.69, 9.17) is 0 Å². The molecule has 96 valence electrons. The van der Waals surface area contributed by atoms with Crippen LogP contribution in [-0.4, -0.2) is 17.6 Å². The Hall–Kier alpha value is -1.09. The molecule has 0 fully saturated rings. The Kier molecular flexibility index (Phi) is 5.42. The fraction of sp³-hybridized carbons (Fsp3) is 0.643. The van der Waals surface area contributed by atoms with Crippen molar-refractivity contribution in [1.82, 2.24) is 10.3 Å². The molecule has 2 N–H and O–H groups in total. The molecule has 0 unspecified atom stereocenters. The van der Waals surface area contributed by atoms with E-state index in [1.165, 1.54) is 11.1 Å². The van der Waals surface area contributed by atoms with Gasteiger partial charge in [0, 0.05) is 30.4 Å². The maximum absolute atomic E-state index is 4.60. The summed E-state index contributed by atoms with van der Waals surface area (Å²) in [5.41, 5.74) is 3.68. The van der Waals surface area contributed by atoms with Crippen molar-refractivity contribution in [2.45, 2.75) is 53.6 Å². The Morgan fingerprint density at radius 3 is 2.59 bits per heavy atom. The van der Waals surface area contributed by atoms with Gasteiger partial charge in [-0.2, -0.15) is 0 Å². The molecule has 3 nitrogen and oxygen atoms in total. The van der Waals surface area contributed by atoms with E-state index < -0.39 is 0 Å². The van der Waals surface area contributed by atoms with Crippen molar-refractivity contribution in [1.29, 1.82) is 0 Å². The molecule has 0 aliphatic carbocycles. The van der Waals surface area contributed by atoms with Crippen LogP contribution in [0.2, 0.25) is 0 Å². The molecule has 0 aliphatic heterocycles. The highest BCUT2D eigenvalue weighted by Gasteiger charge is 2.08. The number of pyridine rings is 1. The summed E-state index contributed by atoms with van der Waals surface area (Å²) < 4.78 is 0. The second kappa shape index (κ2) is 6.60. The molecule has 0 spiro atoms. The Balaban J connectivity index is 2.90. The molecule has 1 heterocycles. The number of nitrogens with one attached hydrogen (secondary N) is 2. The molecule has 0 aliphatic rings. The third kappa shape index (κ3) is 4.35. The van der Waals surface area contributed by atoms with Crippen molar-refractivity contribution in [3.63, 3.8) is 0 Å². The van der Waals surface area contributed by atoms with Gasteiger partial charge in [0.2, 0.25) is 0 Å². The van der Waals surface area contributed by atoms with Crippen LogP contribution < -0.4 is 10.6 Å². The number of anilines is 1. The van der Waals surface area contributed by atoms with E-state index in [0.29, 0.717) is 6.04 Å². The van der Waals surface area contributed by atoms with Crippen LogP contribution in [0, 0.1) is 13.8 Å². The Morgan fingerprint density at radius 1 is 1.29 bits per heavy atom. The van der Waals surface area contributed by atoms with Crippen LogP contribution in [0.4, 0.5) is 5.82 Å². The van der Waals surface area contributed by atoms with Crippen molar-refractivity contribution in [2.75, 3.05) is 11.9 Å². The van der Waals surface area contributed by atoms with Gasteiger partial charge in [-0.1, -0.05) is 20.8 Å². The first kappa shape index (κ1) is 14.0. The van der Waals surface area contributed by atoms with Gasteiger partial charge in [0.25, 0.3) is 0 Å². The first-order valence-electron chi connectivity index (χ1n) is 6.49. The van der Waals surface area contributed by atoms with Gasteiger partial charge in [0.1, 0.15) is 5.82 Å². The van der Waals surface area contributed by atoms with Gasteiger partial charge in [0.05, 0.1) is 0 Å². The van der Waals surface area contributed by atoms with Crippen LogP contribution >= 0.6 is 0 Å². The summed E-state index contributed by atoms with van der Waals surface area (Å²) in [5, 5.41) is 6.88. The highest BCUT2D eigenvalue weighted by molar-refractivity contribution is 5.49. The lowest BCUT2D eigenvalue weighted by atomic mass is 10.1. The van der Waals surface area contributed by atoms with Gasteiger partial charge in [-0.3, -0.25) is 0 Å². The molecule has 0 saturated heterocycles. The first-order chi connectivity index (χ1) is 8.04. The smallest absolute Gasteiger partial charge is 0.131 e. The summed E-state index contributed by atoms with van der Waals surface area (Å²) in [5.74, 6) is 1.04. The molecule has 0 amide bonds. The molecule has 0 saturated carbocycles. The maximum atomic E-state index is 4.60. The number of hydrogen-bond donors (Lipinski definition) is 2. The molecule has 3 heteroatoms. The highest BCUT2D eigenvalue weighted by atomic mass is 15.0. The minimum absolute atomic E-state index is 0.495. The van der Waals surface area contributed by atoms with Crippen LogP contribution in [-0.2, 0) is 6.54 Å². The standard InChI is InChI=1S/C14H25N3/c1-6-7-15-14-13(9-16-10(2)3)11(4)8-12(5)17-14/h8,10,16H,6-7,9H2,1-5H3,(H,15,17). The van der Waals surface area contributed by atoms with Crippen LogP contribution in [0.5, 0.6) is 0 Å². The number of nitrogens with zero attached hydrogens (tertiary/aromatic N) is 1. The molecule has 1 aromatic rings. The van der Waals surface area contributed by atoms with Gasteiger partial charge >= 0.3 is 0 Å². The third-order valence-corrected chi connectivity index (χ3v) is 2.70. The van der Waals surface area contributed by atoms with Crippen molar-refractivity contribution >= 4 is 5.82 Å². The molecule has 1 aromatic heterocycles. The third-order valence-electron chi connectivity index (χ3n) is 2.70. The molecule has 0 bridgehead atoms. The number of aromatic nitrogens is 1. The SMILES string of the molecule is CCCNc1nc(C)cc(C)c1CNC(C)C. The van der Waals surface area contributed by atoms with Gasteiger partial charge in [-0.15, -0.1) is 0 Å². The minimum atomic E-state index is 0.495. The summed E-state index contributed by atoms with van der Waals surface area (Å²) in [4.78, 5) is 4.60. The van der Waals surface area contributed by atoms with Crippen LogP contribution in [0.15, 0.2) is 6.07 Å². The monoisotopic (exact) mass is 235 g/mol. The number of aryl methyl sites for hydroxylation is 2. The van der Waals surface area contributed by atoms with Crippen LogP contribution in [0.25, 0.3) is 0 Å². The first-order valence-corrected chi connectivity index (χ1v) is 6.49. The average molecular weight is 235 g/mol. The summed E-state index contributed by atoms with van der Waals surface area (Å²) in [7, 11) is 0. The lowest BCUT2D eigenvalue weighted by Crippen LogP contribution is -2.23. The normalized spacial score (nSPS) is 10.9. The summed E-state index contributed by atoms with van der Waals surface area (Å²) in [6.45, 7) is 12.5. The second-order valence-corrected chi connectivity index (χ2v) is 4.87. The predicted molar refractivity (Wildman–Crippen MR) is 74.5 cm³/mol. The lowest BCUT2D eigenvalue weighted by Gasteiger charge is -2.16. The lowest BCUT2D eigenvalue weighted by molar-refractivity contribution is 0.587. The number of hydrogen-bond acceptors (Lipinski definition) is 3. The average Bonchev–Trinajstić information content (AvgIpc) is 2.24. The summed E-state index contributed by atoms with van der Waals surface area (Å²) >= 11 is 0. The molecular formula is C14H25N3. The Morgan fingerprint density at radius 2 is 2.00 bits per heavy atom. The van der Waals surface area contributed by atoms with E-state index in [1.807, 2.05) is 6.92 Å². The summed E-state index contributed by atoms with van der Waals surface area (Å²) in [6.07, 6.45) is 1.12. The Bertz CT molecular complexity index is 359. The topological polar surface area (TPSA) is 37.0 Å². The second-order valence-electron chi connectivity index (χ2n) is 4.87. The van der Waals surface area contributed by atoms with Crippen LogP contribution in [0.1, 0.15) is 44.0 Å². The van der Waals surface area contributed by atoms with Gasteiger partial charge in [-0.05, 0) is 31.9 Å². The molecule has 0 aromatic carbocycles. The van der Waals surface area contributed by atoms with Crippen LogP contribution in [0.3, 0.4) is 0 Å². The van der Waals surface area contributed by atoms with E-state index in [0.717, 1.165) is 31.0 Å². The largest absolute Gasteiger partial charge is 0.370 e.